The Balaban J connectivity index is 1.51. The number of alkyl halides is 3. The summed E-state index contributed by atoms with van der Waals surface area (Å²) < 4.78 is 44.3. The SMILES string of the molecule is CN(Cc1nc2ccccc2c(=O)[nH]1)C(=O)c1cccc(Oc2cccc(C(F)(F)F)c2)c1. The van der Waals surface area contributed by atoms with Crippen LogP contribution in [0.3, 0.4) is 0 Å². The zero-order valence-corrected chi connectivity index (χ0v) is 17.4. The van der Waals surface area contributed by atoms with Crippen LogP contribution in [-0.4, -0.2) is 27.8 Å². The predicted octanol–water partition coefficient (Wildman–Crippen LogP) is 5.01. The van der Waals surface area contributed by atoms with Crippen molar-refractivity contribution in [2.45, 2.75) is 12.7 Å². The van der Waals surface area contributed by atoms with Gasteiger partial charge in [-0.2, -0.15) is 13.2 Å². The second-order valence-electron chi connectivity index (χ2n) is 7.35. The van der Waals surface area contributed by atoms with E-state index in [-0.39, 0.29) is 35.1 Å². The lowest BCUT2D eigenvalue weighted by molar-refractivity contribution is -0.137. The van der Waals surface area contributed by atoms with Gasteiger partial charge < -0.3 is 14.6 Å². The average molecular weight is 453 g/mol. The van der Waals surface area contributed by atoms with Crippen LogP contribution in [0, 0.1) is 0 Å². The molecule has 4 aromatic rings. The highest BCUT2D eigenvalue weighted by atomic mass is 19.4. The molecule has 0 radical (unpaired) electrons. The third-order valence-electron chi connectivity index (χ3n) is 4.87. The van der Waals surface area contributed by atoms with Crippen molar-refractivity contribution in [1.29, 1.82) is 0 Å². The lowest BCUT2D eigenvalue weighted by Crippen LogP contribution is -2.28. The molecule has 0 aliphatic carbocycles. The lowest BCUT2D eigenvalue weighted by Gasteiger charge is -2.17. The number of H-pyrrole nitrogens is 1. The largest absolute Gasteiger partial charge is 0.457 e. The van der Waals surface area contributed by atoms with Crippen LogP contribution in [-0.2, 0) is 12.7 Å². The van der Waals surface area contributed by atoms with Gasteiger partial charge in [0.15, 0.2) is 0 Å². The summed E-state index contributed by atoms with van der Waals surface area (Å²) in [5, 5.41) is 0.453. The number of nitrogens with one attached hydrogen (secondary N) is 1. The molecule has 0 aliphatic heterocycles. The molecule has 1 heterocycles. The number of ether oxygens (including phenoxy) is 1. The quantitative estimate of drug-likeness (QED) is 0.461. The summed E-state index contributed by atoms with van der Waals surface area (Å²) in [5.41, 5.74) is -0.338. The number of hydrogen-bond donors (Lipinski definition) is 1. The highest BCUT2D eigenvalue weighted by Crippen LogP contribution is 2.32. The Kier molecular flexibility index (Phi) is 5.87. The van der Waals surface area contributed by atoms with Crippen LogP contribution >= 0.6 is 0 Å². The topological polar surface area (TPSA) is 75.3 Å². The summed E-state index contributed by atoms with van der Waals surface area (Å²) in [4.78, 5) is 33.6. The molecule has 0 unspecified atom stereocenters. The standard InChI is InChI=1S/C24H18F3N3O3/c1-30(14-21-28-20-11-3-2-10-19(20)22(31)29-21)23(32)15-6-4-8-17(12-15)33-18-9-5-7-16(13-18)24(25,26)27/h2-13H,14H2,1H3,(H,28,29,31). The smallest absolute Gasteiger partial charge is 0.416 e. The molecule has 9 heteroatoms. The Labute approximate surface area is 186 Å². The van der Waals surface area contributed by atoms with Gasteiger partial charge in [-0.1, -0.05) is 24.3 Å². The average Bonchev–Trinajstić information content (AvgIpc) is 2.78. The minimum atomic E-state index is -4.49. The predicted molar refractivity (Wildman–Crippen MR) is 116 cm³/mol. The second-order valence-corrected chi connectivity index (χ2v) is 7.35. The molecule has 168 valence electrons. The summed E-state index contributed by atoms with van der Waals surface area (Å²) in [6, 6.07) is 17.5. The van der Waals surface area contributed by atoms with Crippen LogP contribution in [0.4, 0.5) is 13.2 Å². The molecule has 0 fully saturated rings. The summed E-state index contributed by atoms with van der Waals surface area (Å²) in [7, 11) is 1.55. The number of hydrogen-bond acceptors (Lipinski definition) is 4. The van der Waals surface area contributed by atoms with Crippen LogP contribution in [0.2, 0.25) is 0 Å². The van der Waals surface area contributed by atoms with Crippen molar-refractivity contribution in [2.75, 3.05) is 7.05 Å². The van der Waals surface area contributed by atoms with Crippen molar-refractivity contribution in [2.24, 2.45) is 0 Å². The maximum Gasteiger partial charge on any atom is 0.416 e. The monoisotopic (exact) mass is 453 g/mol. The van der Waals surface area contributed by atoms with E-state index < -0.39 is 11.7 Å². The zero-order valence-electron chi connectivity index (χ0n) is 17.4. The van der Waals surface area contributed by atoms with Crippen molar-refractivity contribution < 1.29 is 22.7 Å². The number of nitrogens with zero attached hydrogens (tertiary/aromatic N) is 2. The van der Waals surface area contributed by atoms with Gasteiger partial charge in [-0.05, 0) is 48.5 Å². The van der Waals surface area contributed by atoms with E-state index in [0.717, 1.165) is 12.1 Å². The van der Waals surface area contributed by atoms with E-state index >= 15 is 0 Å². The Morgan fingerprint density at radius 1 is 1.00 bits per heavy atom. The van der Waals surface area contributed by atoms with Crippen LogP contribution in [0.1, 0.15) is 21.7 Å². The Morgan fingerprint density at radius 2 is 1.70 bits per heavy atom. The maximum atomic E-state index is 12.9. The minimum absolute atomic E-state index is 0.000664. The molecule has 0 saturated heterocycles. The van der Waals surface area contributed by atoms with Crippen molar-refractivity contribution in [1.82, 2.24) is 14.9 Å². The first-order valence-electron chi connectivity index (χ1n) is 9.89. The highest BCUT2D eigenvalue weighted by Gasteiger charge is 2.30. The Hall–Kier alpha value is -4.14. The van der Waals surface area contributed by atoms with Crippen molar-refractivity contribution in [3.8, 4) is 11.5 Å². The van der Waals surface area contributed by atoms with E-state index in [1.807, 2.05) is 0 Å². The van der Waals surface area contributed by atoms with Gasteiger partial charge in [0.25, 0.3) is 11.5 Å². The number of fused-ring (bicyclic) bond motifs is 1. The maximum absolute atomic E-state index is 12.9. The van der Waals surface area contributed by atoms with Gasteiger partial charge in [-0.3, -0.25) is 9.59 Å². The van der Waals surface area contributed by atoms with Crippen molar-refractivity contribution >= 4 is 16.8 Å². The molecular weight excluding hydrogens is 435 g/mol. The lowest BCUT2D eigenvalue weighted by atomic mass is 10.2. The summed E-state index contributed by atoms with van der Waals surface area (Å²) in [6.45, 7) is 0.0532. The van der Waals surface area contributed by atoms with Gasteiger partial charge in [-0.25, -0.2) is 4.98 Å². The van der Waals surface area contributed by atoms with Gasteiger partial charge in [-0.15, -0.1) is 0 Å². The van der Waals surface area contributed by atoms with E-state index in [4.69, 9.17) is 4.74 Å². The van der Waals surface area contributed by atoms with E-state index in [1.54, 1.807) is 49.5 Å². The summed E-state index contributed by atoms with van der Waals surface area (Å²) in [6.07, 6.45) is -4.49. The van der Waals surface area contributed by atoms with Crippen molar-refractivity contribution in [3.63, 3.8) is 0 Å². The number of aromatic amines is 1. The van der Waals surface area contributed by atoms with Crippen LogP contribution < -0.4 is 10.3 Å². The number of aromatic nitrogens is 2. The van der Waals surface area contributed by atoms with Crippen LogP contribution in [0.5, 0.6) is 11.5 Å². The van der Waals surface area contributed by atoms with Gasteiger partial charge in [0.2, 0.25) is 0 Å². The van der Waals surface area contributed by atoms with Crippen molar-refractivity contribution in [3.05, 3.63) is 100 Å². The van der Waals surface area contributed by atoms with E-state index in [2.05, 4.69) is 9.97 Å². The molecule has 1 N–H and O–H groups in total. The molecule has 0 atom stereocenters. The highest BCUT2D eigenvalue weighted by molar-refractivity contribution is 5.94. The number of amides is 1. The molecule has 3 aromatic carbocycles. The van der Waals surface area contributed by atoms with Gasteiger partial charge in [0.1, 0.15) is 17.3 Å². The molecule has 33 heavy (non-hydrogen) atoms. The summed E-state index contributed by atoms with van der Waals surface area (Å²) >= 11 is 0. The molecule has 6 nitrogen and oxygen atoms in total. The first kappa shape index (κ1) is 22.1. The molecular formula is C24H18F3N3O3. The number of rotatable bonds is 5. The van der Waals surface area contributed by atoms with Crippen LogP contribution in [0.25, 0.3) is 10.9 Å². The van der Waals surface area contributed by atoms with Crippen LogP contribution in [0.15, 0.2) is 77.6 Å². The minimum Gasteiger partial charge on any atom is -0.457 e. The van der Waals surface area contributed by atoms with E-state index in [9.17, 15) is 22.8 Å². The number of halogens is 3. The van der Waals surface area contributed by atoms with E-state index in [1.165, 1.54) is 23.1 Å². The molecule has 1 aromatic heterocycles. The number of benzene rings is 3. The zero-order chi connectivity index (χ0) is 23.6. The third-order valence-corrected chi connectivity index (χ3v) is 4.87. The first-order chi connectivity index (χ1) is 15.7. The number of carbonyl (C=O) groups excluding carboxylic acids is 1. The molecule has 0 spiro atoms. The Morgan fingerprint density at radius 3 is 2.45 bits per heavy atom. The Bertz CT molecular complexity index is 1380. The summed E-state index contributed by atoms with van der Waals surface area (Å²) in [5.74, 6) is 0.165. The van der Waals surface area contributed by atoms with E-state index in [0.29, 0.717) is 16.7 Å². The normalized spacial score (nSPS) is 11.4. The second kappa shape index (κ2) is 8.78. The fourth-order valence-electron chi connectivity index (χ4n) is 3.29. The molecule has 0 aliphatic rings. The fraction of sp³-hybridized carbons (Fsp3) is 0.125. The molecule has 1 amide bonds. The molecule has 0 saturated carbocycles. The molecule has 4 rings (SSSR count). The first-order valence-corrected chi connectivity index (χ1v) is 9.89. The number of para-hydroxylation sites is 1. The van der Waals surface area contributed by atoms with Gasteiger partial charge in [0.05, 0.1) is 23.0 Å². The molecule has 0 bridgehead atoms. The van der Waals surface area contributed by atoms with Gasteiger partial charge >= 0.3 is 6.18 Å². The fourth-order valence-corrected chi connectivity index (χ4v) is 3.29. The third kappa shape index (κ3) is 5.03. The number of carbonyl (C=O) groups is 1. The van der Waals surface area contributed by atoms with Gasteiger partial charge in [0, 0.05) is 12.6 Å².